The lowest BCUT2D eigenvalue weighted by molar-refractivity contribution is 0.0618. The number of hydrogen-bond acceptors (Lipinski definition) is 6. The van der Waals surface area contributed by atoms with Gasteiger partial charge in [-0.05, 0) is 61.1 Å². The second-order valence-electron chi connectivity index (χ2n) is 10.0. The van der Waals surface area contributed by atoms with E-state index in [1.165, 1.54) is 0 Å². The number of benzene rings is 1. The highest BCUT2D eigenvalue weighted by atomic mass is 16.5. The van der Waals surface area contributed by atoms with Gasteiger partial charge in [0, 0.05) is 37.6 Å². The fourth-order valence-electron chi connectivity index (χ4n) is 5.50. The van der Waals surface area contributed by atoms with Crippen LogP contribution in [-0.2, 0) is 13.0 Å². The molecule has 3 aromatic heterocycles. The minimum atomic E-state index is 0.103. The first kappa shape index (κ1) is 22.7. The fourth-order valence-corrected chi connectivity index (χ4v) is 5.50. The Morgan fingerprint density at radius 3 is 2.69 bits per heavy atom. The summed E-state index contributed by atoms with van der Waals surface area (Å²) in [6, 6.07) is 13.9. The third-order valence-electron chi connectivity index (χ3n) is 7.21. The van der Waals surface area contributed by atoms with E-state index in [1.807, 2.05) is 54.3 Å². The molecule has 184 valence electrons. The lowest BCUT2D eigenvalue weighted by atomic mass is 9.80. The van der Waals surface area contributed by atoms with E-state index in [0.29, 0.717) is 19.0 Å². The molecule has 0 spiro atoms. The molecule has 7 nitrogen and oxygen atoms in total. The molecule has 36 heavy (non-hydrogen) atoms. The van der Waals surface area contributed by atoms with Gasteiger partial charge in [-0.2, -0.15) is 0 Å². The van der Waals surface area contributed by atoms with Crippen LogP contribution in [0, 0.1) is 12.8 Å². The maximum Gasteiger partial charge on any atom is 0.254 e. The first-order valence-corrected chi connectivity index (χ1v) is 12.6. The SMILES string of the molecule is Cc1cc(CN2CCN(C(=O)c3c4c(nc5ccccc35)/C(=C\c3ccco3)CC(C)C4)CC2)on1. The van der Waals surface area contributed by atoms with Crippen LogP contribution >= 0.6 is 0 Å². The summed E-state index contributed by atoms with van der Waals surface area (Å²) < 4.78 is 11.0. The van der Waals surface area contributed by atoms with Gasteiger partial charge in [-0.3, -0.25) is 9.69 Å². The van der Waals surface area contributed by atoms with E-state index in [1.54, 1.807) is 6.26 Å². The Morgan fingerprint density at radius 1 is 1.11 bits per heavy atom. The van der Waals surface area contributed by atoms with Crippen molar-refractivity contribution in [3.8, 4) is 0 Å². The number of carbonyl (C=O) groups excluding carboxylic acids is 1. The summed E-state index contributed by atoms with van der Waals surface area (Å²) in [4.78, 5) is 23.5. The van der Waals surface area contributed by atoms with Crippen molar-refractivity contribution in [2.45, 2.75) is 33.2 Å². The summed E-state index contributed by atoms with van der Waals surface area (Å²) in [5, 5.41) is 4.92. The molecule has 4 heterocycles. The lowest BCUT2D eigenvalue weighted by Crippen LogP contribution is -2.48. The molecule has 0 bridgehead atoms. The molecule has 2 aliphatic rings. The van der Waals surface area contributed by atoms with Crippen molar-refractivity contribution in [2.75, 3.05) is 26.2 Å². The monoisotopic (exact) mass is 482 g/mol. The minimum Gasteiger partial charge on any atom is -0.465 e. The smallest absolute Gasteiger partial charge is 0.254 e. The molecule has 1 aromatic carbocycles. The number of allylic oxidation sites excluding steroid dienone is 1. The van der Waals surface area contributed by atoms with Crippen LogP contribution in [0.3, 0.4) is 0 Å². The number of piperazine rings is 1. The van der Waals surface area contributed by atoms with Crippen LogP contribution in [0.25, 0.3) is 22.6 Å². The number of para-hydroxylation sites is 1. The van der Waals surface area contributed by atoms with Gasteiger partial charge in [0.25, 0.3) is 5.91 Å². The van der Waals surface area contributed by atoms with Crippen molar-refractivity contribution in [3.05, 3.63) is 82.8 Å². The number of carbonyl (C=O) groups is 1. The molecule has 7 heteroatoms. The second kappa shape index (κ2) is 9.39. The van der Waals surface area contributed by atoms with Crippen LogP contribution in [0.2, 0.25) is 0 Å². The number of fused-ring (bicyclic) bond motifs is 2. The maximum absolute atomic E-state index is 14.1. The topological polar surface area (TPSA) is 75.6 Å². The molecular formula is C29H30N4O3. The van der Waals surface area contributed by atoms with Crippen molar-refractivity contribution < 1.29 is 13.7 Å². The molecule has 1 unspecified atom stereocenters. The molecule has 1 saturated heterocycles. The van der Waals surface area contributed by atoms with Gasteiger partial charge in [0.1, 0.15) is 5.76 Å². The van der Waals surface area contributed by atoms with Gasteiger partial charge >= 0.3 is 0 Å². The standard InChI is InChI=1S/C29H30N4O3/c1-19-14-21(17-22-6-5-13-35-22)28-25(15-19)27(24-7-3-4-8-26(24)30-28)29(34)33-11-9-32(10-12-33)18-23-16-20(2)31-36-23/h3-8,13,16-17,19H,9-12,14-15,18H2,1-2H3/b21-17-. The molecule has 1 amide bonds. The van der Waals surface area contributed by atoms with Crippen molar-refractivity contribution >= 4 is 28.5 Å². The third-order valence-corrected chi connectivity index (χ3v) is 7.21. The summed E-state index contributed by atoms with van der Waals surface area (Å²) >= 11 is 0. The van der Waals surface area contributed by atoms with E-state index in [0.717, 1.165) is 83.0 Å². The van der Waals surface area contributed by atoms with E-state index >= 15 is 0 Å². The van der Waals surface area contributed by atoms with Crippen molar-refractivity contribution in [3.63, 3.8) is 0 Å². The highest BCUT2D eigenvalue weighted by Crippen LogP contribution is 2.39. The molecule has 0 saturated carbocycles. The number of rotatable bonds is 4. The predicted octanol–water partition coefficient (Wildman–Crippen LogP) is 5.21. The van der Waals surface area contributed by atoms with Gasteiger partial charge in [-0.1, -0.05) is 30.3 Å². The van der Waals surface area contributed by atoms with Crippen LogP contribution in [-0.4, -0.2) is 52.0 Å². The number of nitrogens with zero attached hydrogens (tertiary/aromatic N) is 4. The zero-order valence-corrected chi connectivity index (χ0v) is 20.7. The van der Waals surface area contributed by atoms with Crippen LogP contribution in [0.1, 0.15) is 52.2 Å². The van der Waals surface area contributed by atoms with Gasteiger partial charge in [0.15, 0.2) is 5.76 Å². The van der Waals surface area contributed by atoms with E-state index in [2.05, 4.69) is 23.1 Å². The lowest BCUT2D eigenvalue weighted by Gasteiger charge is -2.35. The number of hydrogen-bond donors (Lipinski definition) is 0. The summed E-state index contributed by atoms with van der Waals surface area (Å²) in [5.74, 6) is 2.19. The Hall–Kier alpha value is -3.71. The van der Waals surface area contributed by atoms with Gasteiger partial charge in [-0.25, -0.2) is 4.98 Å². The van der Waals surface area contributed by atoms with Gasteiger partial charge in [-0.15, -0.1) is 0 Å². The van der Waals surface area contributed by atoms with E-state index in [4.69, 9.17) is 13.9 Å². The Morgan fingerprint density at radius 2 is 1.94 bits per heavy atom. The minimum absolute atomic E-state index is 0.103. The molecule has 4 aromatic rings. The fraction of sp³-hybridized carbons (Fsp3) is 0.345. The average Bonchev–Trinajstić information content (AvgIpc) is 3.54. The number of pyridine rings is 1. The highest BCUT2D eigenvalue weighted by molar-refractivity contribution is 6.09. The van der Waals surface area contributed by atoms with Crippen LogP contribution in [0.15, 0.2) is 57.7 Å². The first-order chi connectivity index (χ1) is 17.5. The summed E-state index contributed by atoms with van der Waals surface area (Å²) in [7, 11) is 0. The molecule has 1 fully saturated rings. The quantitative estimate of drug-likeness (QED) is 0.398. The largest absolute Gasteiger partial charge is 0.465 e. The number of furan rings is 1. The van der Waals surface area contributed by atoms with E-state index in [-0.39, 0.29) is 5.91 Å². The summed E-state index contributed by atoms with van der Waals surface area (Å²) in [5.41, 5.74) is 5.69. The number of amides is 1. The van der Waals surface area contributed by atoms with Gasteiger partial charge < -0.3 is 13.8 Å². The average molecular weight is 483 g/mol. The predicted molar refractivity (Wildman–Crippen MR) is 138 cm³/mol. The molecule has 1 aliphatic carbocycles. The number of aromatic nitrogens is 2. The zero-order valence-electron chi connectivity index (χ0n) is 20.7. The van der Waals surface area contributed by atoms with Crippen LogP contribution in [0.5, 0.6) is 0 Å². The molecule has 1 aliphatic heterocycles. The summed E-state index contributed by atoms with van der Waals surface area (Å²) in [6.07, 6.45) is 5.51. The number of aryl methyl sites for hydroxylation is 1. The van der Waals surface area contributed by atoms with Crippen molar-refractivity contribution in [1.29, 1.82) is 0 Å². The second-order valence-corrected chi connectivity index (χ2v) is 10.0. The summed E-state index contributed by atoms with van der Waals surface area (Å²) in [6.45, 7) is 7.86. The van der Waals surface area contributed by atoms with Crippen LogP contribution < -0.4 is 0 Å². The van der Waals surface area contributed by atoms with Crippen molar-refractivity contribution in [1.82, 2.24) is 19.9 Å². The normalized spacial score (nSPS) is 19.7. The van der Waals surface area contributed by atoms with E-state index in [9.17, 15) is 4.79 Å². The van der Waals surface area contributed by atoms with Gasteiger partial charge in [0.2, 0.25) is 0 Å². The third kappa shape index (κ3) is 4.35. The van der Waals surface area contributed by atoms with Crippen molar-refractivity contribution in [2.24, 2.45) is 5.92 Å². The van der Waals surface area contributed by atoms with Crippen LogP contribution in [0.4, 0.5) is 0 Å². The zero-order chi connectivity index (χ0) is 24.6. The molecule has 1 atom stereocenters. The Bertz CT molecular complexity index is 1430. The Balaban J connectivity index is 1.33. The molecule has 0 N–H and O–H groups in total. The Labute approximate surface area is 210 Å². The van der Waals surface area contributed by atoms with E-state index < -0.39 is 0 Å². The molecule has 6 rings (SSSR count). The first-order valence-electron chi connectivity index (χ1n) is 12.6. The highest BCUT2D eigenvalue weighted by Gasteiger charge is 2.31. The maximum atomic E-state index is 14.1. The molecule has 0 radical (unpaired) electrons. The Kier molecular flexibility index (Phi) is 5.93. The van der Waals surface area contributed by atoms with Gasteiger partial charge in [0.05, 0.1) is 35.3 Å². The molecular weight excluding hydrogens is 452 g/mol.